The minimum Gasteiger partial charge on any atom is -0.394 e. The lowest BCUT2D eigenvalue weighted by Gasteiger charge is -2.06. The van der Waals surface area contributed by atoms with E-state index in [9.17, 15) is 9.90 Å². The molecule has 0 aliphatic carbocycles. The number of aromatic nitrogens is 4. The molecule has 2 N–H and O–H groups in total. The zero-order valence-corrected chi connectivity index (χ0v) is 13.3. The van der Waals surface area contributed by atoms with Crippen molar-refractivity contribution in [2.45, 2.75) is 6.54 Å². The number of hydrogen-bond acceptors (Lipinski definition) is 5. The van der Waals surface area contributed by atoms with Crippen molar-refractivity contribution in [3.63, 3.8) is 0 Å². The van der Waals surface area contributed by atoms with Gasteiger partial charge in [0.05, 0.1) is 18.8 Å². The summed E-state index contributed by atoms with van der Waals surface area (Å²) in [4.78, 5) is 20.0. The summed E-state index contributed by atoms with van der Waals surface area (Å²) >= 11 is 5.89. The summed E-state index contributed by atoms with van der Waals surface area (Å²) in [6.45, 7) is 0.144. The second kappa shape index (κ2) is 7.20. The Hall–Kier alpha value is -2.77. The van der Waals surface area contributed by atoms with Crippen molar-refractivity contribution in [2.24, 2.45) is 0 Å². The molecule has 8 heteroatoms. The number of aliphatic hydroxyl groups excluding tert-OH is 1. The molecule has 0 bridgehead atoms. The van der Waals surface area contributed by atoms with Gasteiger partial charge >= 0.3 is 0 Å². The largest absolute Gasteiger partial charge is 0.394 e. The number of nitrogens with zero attached hydrogens (tertiary/aromatic N) is 4. The van der Waals surface area contributed by atoms with E-state index in [1.807, 2.05) is 12.1 Å². The van der Waals surface area contributed by atoms with Crippen LogP contribution in [-0.2, 0) is 6.54 Å². The van der Waals surface area contributed by atoms with Crippen molar-refractivity contribution in [1.82, 2.24) is 19.7 Å². The molecule has 0 saturated heterocycles. The maximum absolute atomic E-state index is 12.2. The molecule has 2 heterocycles. The molecule has 0 radical (unpaired) electrons. The van der Waals surface area contributed by atoms with Gasteiger partial charge in [0.1, 0.15) is 5.82 Å². The Bertz CT molecular complexity index is 833. The molecule has 2 aromatic heterocycles. The van der Waals surface area contributed by atoms with Crippen molar-refractivity contribution < 1.29 is 9.90 Å². The number of hydrogen-bond donors (Lipinski definition) is 2. The highest BCUT2D eigenvalue weighted by Gasteiger charge is 2.14. The first-order valence-corrected chi connectivity index (χ1v) is 7.58. The second-order valence-corrected chi connectivity index (χ2v) is 5.33. The highest BCUT2D eigenvalue weighted by atomic mass is 35.5. The van der Waals surface area contributed by atoms with E-state index in [2.05, 4.69) is 20.4 Å². The number of halogens is 1. The predicted molar refractivity (Wildman–Crippen MR) is 89.7 cm³/mol. The first-order valence-electron chi connectivity index (χ1n) is 7.20. The van der Waals surface area contributed by atoms with Crippen LogP contribution in [0, 0.1) is 0 Å². The van der Waals surface area contributed by atoms with Gasteiger partial charge in [0.2, 0.25) is 5.82 Å². The fourth-order valence-electron chi connectivity index (χ4n) is 2.13. The number of amides is 1. The molecule has 1 aromatic carbocycles. The lowest BCUT2D eigenvalue weighted by Crippen LogP contribution is -2.18. The molecule has 0 saturated carbocycles. The molecule has 0 aliphatic heterocycles. The topological polar surface area (TPSA) is 92.9 Å². The van der Waals surface area contributed by atoms with Crippen LogP contribution in [0.2, 0.25) is 5.02 Å². The van der Waals surface area contributed by atoms with E-state index < -0.39 is 5.91 Å². The van der Waals surface area contributed by atoms with E-state index >= 15 is 0 Å². The van der Waals surface area contributed by atoms with Gasteiger partial charge < -0.3 is 10.4 Å². The summed E-state index contributed by atoms with van der Waals surface area (Å²) < 4.78 is 1.52. The van der Waals surface area contributed by atoms with E-state index in [4.69, 9.17) is 11.6 Å². The lowest BCUT2D eigenvalue weighted by molar-refractivity contribution is 0.101. The molecule has 7 nitrogen and oxygen atoms in total. The fraction of sp³-hybridized carbons (Fsp3) is 0.125. The minimum absolute atomic E-state index is 0.0577. The Labute approximate surface area is 142 Å². The van der Waals surface area contributed by atoms with Gasteiger partial charge in [0.25, 0.3) is 5.91 Å². The van der Waals surface area contributed by atoms with Crippen LogP contribution in [0.1, 0.15) is 10.6 Å². The Balaban J connectivity index is 1.89. The summed E-state index contributed by atoms with van der Waals surface area (Å²) in [5, 5.41) is 16.9. The van der Waals surface area contributed by atoms with Crippen LogP contribution >= 0.6 is 11.6 Å². The second-order valence-electron chi connectivity index (χ2n) is 4.89. The number of anilines is 1. The van der Waals surface area contributed by atoms with E-state index in [1.54, 1.807) is 24.3 Å². The average Bonchev–Trinajstić information content (AvgIpc) is 2.99. The monoisotopic (exact) mass is 343 g/mol. The van der Waals surface area contributed by atoms with Gasteiger partial charge in [-0.2, -0.15) is 5.10 Å². The van der Waals surface area contributed by atoms with Gasteiger partial charge in [-0.1, -0.05) is 23.7 Å². The van der Waals surface area contributed by atoms with Crippen molar-refractivity contribution in [2.75, 3.05) is 11.9 Å². The van der Waals surface area contributed by atoms with Gasteiger partial charge in [-0.25, -0.2) is 14.6 Å². The third-order valence-corrected chi connectivity index (χ3v) is 3.49. The van der Waals surface area contributed by atoms with Crippen LogP contribution in [0.15, 0.2) is 48.8 Å². The molecule has 0 spiro atoms. The molecule has 24 heavy (non-hydrogen) atoms. The molecular formula is C16H14ClN5O2. The van der Waals surface area contributed by atoms with Crippen molar-refractivity contribution in [3.8, 4) is 11.3 Å². The van der Waals surface area contributed by atoms with E-state index in [1.165, 1.54) is 17.1 Å². The minimum atomic E-state index is -0.447. The van der Waals surface area contributed by atoms with Gasteiger partial charge in [0.15, 0.2) is 0 Å². The van der Waals surface area contributed by atoms with E-state index in [0.29, 0.717) is 16.5 Å². The normalized spacial score (nSPS) is 10.6. The Morgan fingerprint density at radius 3 is 2.58 bits per heavy atom. The summed E-state index contributed by atoms with van der Waals surface area (Å²) in [5.41, 5.74) is 1.51. The van der Waals surface area contributed by atoms with Gasteiger partial charge in [-0.15, -0.1) is 0 Å². The number of rotatable bonds is 5. The molecule has 122 valence electrons. The van der Waals surface area contributed by atoms with Crippen LogP contribution in [0.5, 0.6) is 0 Å². The zero-order valence-electron chi connectivity index (χ0n) is 12.6. The van der Waals surface area contributed by atoms with Gasteiger partial charge in [0, 0.05) is 29.0 Å². The van der Waals surface area contributed by atoms with E-state index in [0.717, 1.165) is 5.56 Å². The molecule has 0 fully saturated rings. The van der Waals surface area contributed by atoms with Crippen molar-refractivity contribution >= 4 is 23.3 Å². The SMILES string of the molecule is O=C(Nc1cc(-c2ccc(Cl)cc2)nn1CCO)c1ncccn1. The maximum atomic E-state index is 12.2. The standard InChI is InChI=1S/C16H14ClN5O2/c17-12-4-2-11(3-5-12)13-10-14(22(21-13)8-9-23)20-16(24)15-18-6-1-7-19-15/h1-7,10,23H,8-9H2,(H,20,24). The van der Waals surface area contributed by atoms with E-state index in [-0.39, 0.29) is 19.0 Å². The Morgan fingerprint density at radius 2 is 1.92 bits per heavy atom. The van der Waals surface area contributed by atoms with Crippen LogP contribution in [0.25, 0.3) is 11.3 Å². The number of carbonyl (C=O) groups is 1. The summed E-state index contributed by atoms with van der Waals surface area (Å²) in [7, 11) is 0. The van der Waals surface area contributed by atoms with Crippen LogP contribution in [-0.4, -0.2) is 37.4 Å². The molecule has 3 aromatic rings. The zero-order chi connectivity index (χ0) is 16.9. The number of benzene rings is 1. The molecule has 0 aliphatic rings. The summed E-state index contributed by atoms with van der Waals surface area (Å²) in [5.74, 6) is 0.0612. The van der Waals surface area contributed by atoms with Crippen molar-refractivity contribution in [1.29, 1.82) is 0 Å². The predicted octanol–water partition coefficient (Wildman–Crippen LogP) is 2.24. The third kappa shape index (κ3) is 3.58. The number of carbonyl (C=O) groups excluding carboxylic acids is 1. The van der Waals surface area contributed by atoms with Gasteiger partial charge in [-0.3, -0.25) is 4.79 Å². The molecule has 0 unspecified atom stereocenters. The van der Waals surface area contributed by atoms with Crippen LogP contribution < -0.4 is 5.32 Å². The first kappa shape index (κ1) is 16.1. The highest BCUT2D eigenvalue weighted by Crippen LogP contribution is 2.23. The summed E-state index contributed by atoms with van der Waals surface area (Å²) in [6.07, 6.45) is 2.98. The smallest absolute Gasteiger partial charge is 0.294 e. The van der Waals surface area contributed by atoms with Crippen LogP contribution in [0.3, 0.4) is 0 Å². The summed E-state index contributed by atoms with van der Waals surface area (Å²) in [6, 6.07) is 10.5. The van der Waals surface area contributed by atoms with Gasteiger partial charge in [-0.05, 0) is 18.2 Å². The number of nitrogens with one attached hydrogen (secondary N) is 1. The molecule has 1 amide bonds. The Kier molecular flexibility index (Phi) is 4.83. The maximum Gasteiger partial charge on any atom is 0.294 e. The number of aliphatic hydroxyl groups is 1. The third-order valence-electron chi connectivity index (χ3n) is 3.24. The molecule has 3 rings (SSSR count). The molecule has 0 atom stereocenters. The van der Waals surface area contributed by atoms with Crippen LogP contribution in [0.4, 0.5) is 5.82 Å². The lowest BCUT2D eigenvalue weighted by atomic mass is 10.1. The average molecular weight is 344 g/mol. The molecular weight excluding hydrogens is 330 g/mol. The highest BCUT2D eigenvalue weighted by molar-refractivity contribution is 6.30. The first-order chi connectivity index (χ1) is 11.7. The Morgan fingerprint density at radius 1 is 1.21 bits per heavy atom. The fourth-order valence-corrected chi connectivity index (χ4v) is 2.26. The quantitative estimate of drug-likeness (QED) is 0.741. The van der Waals surface area contributed by atoms with Crippen molar-refractivity contribution in [3.05, 3.63) is 59.6 Å².